The summed E-state index contributed by atoms with van der Waals surface area (Å²) >= 11 is 5.22. The van der Waals surface area contributed by atoms with E-state index in [1.54, 1.807) is 23.3 Å². The monoisotopic (exact) mass is 396 g/mol. The van der Waals surface area contributed by atoms with Gasteiger partial charge in [-0.15, -0.1) is 11.3 Å². The number of rotatable bonds is 3. The molecular formula is C15H17BrN4O2S. The van der Waals surface area contributed by atoms with Crippen molar-refractivity contribution in [3.05, 3.63) is 49.0 Å². The minimum Gasteiger partial charge on any atom is -0.335 e. The molecule has 3 heterocycles. The second kappa shape index (κ2) is 6.94. The van der Waals surface area contributed by atoms with E-state index in [1.807, 2.05) is 0 Å². The molecule has 6 nitrogen and oxygen atoms in total. The number of thiophene rings is 1. The summed E-state index contributed by atoms with van der Waals surface area (Å²) in [5.41, 5.74) is 0.108. The molecule has 1 fully saturated rings. The van der Waals surface area contributed by atoms with E-state index in [9.17, 15) is 9.59 Å². The zero-order valence-corrected chi connectivity index (χ0v) is 15.1. The minimum atomic E-state index is -0.214. The van der Waals surface area contributed by atoms with Crippen LogP contribution in [-0.2, 0) is 13.6 Å². The summed E-state index contributed by atoms with van der Waals surface area (Å²) < 4.78 is 2.33. The molecule has 0 saturated carbocycles. The van der Waals surface area contributed by atoms with Gasteiger partial charge >= 0.3 is 0 Å². The van der Waals surface area contributed by atoms with Crippen molar-refractivity contribution in [2.75, 3.05) is 26.2 Å². The molecule has 0 radical (unpaired) electrons. The topological polar surface area (TPSA) is 58.4 Å². The SMILES string of the molecule is Cn1nc(C(=O)N2CCN(Cc3ccc(Br)s3)CC2)ccc1=O. The number of amides is 1. The van der Waals surface area contributed by atoms with Gasteiger partial charge in [-0.05, 0) is 34.1 Å². The summed E-state index contributed by atoms with van der Waals surface area (Å²) in [6.07, 6.45) is 0. The third-order valence-corrected chi connectivity index (χ3v) is 5.46. The molecule has 122 valence electrons. The fraction of sp³-hybridized carbons (Fsp3) is 0.400. The van der Waals surface area contributed by atoms with Gasteiger partial charge < -0.3 is 4.90 Å². The molecule has 3 rings (SSSR count). The normalized spacial score (nSPS) is 15.8. The number of nitrogens with zero attached hydrogens (tertiary/aromatic N) is 4. The van der Waals surface area contributed by atoms with E-state index in [1.165, 1.54) is 21.7 Å². The van der Waals surface area contributed by atoms with Gasteiger partial charge in [0.05, 0.1) is 3.79 Å². The van der Waals surface area contributed by atoms with Gasteiger partial charge in [0.1, 0.15) is 5.69 Å². The van der Waals surface area contributed by atoms with Gasteiger partial charge in [0.25, 0.3) is 11.5 Å². The molecule has 1 saturated heterocycles. The first-order valence-electron chi connectivity index (χ1n) is 7.33. The average molecular weight is 397 g/mol. The maximum atomic E-state index is 12.5. The Hall–Kier alpha value is -1.51. The highest BCUT2D eigenvalue weighted by Gasteiger charge is 2.23. The molecule has 8 heteroatoms. The molecule has 0 aliphatic carbocycles. The van der Waals surface area contributed by atoms with Gasteiger partial charge in [0.2, 0.25) is 0 Å². The van der Waals surface area contributed by atoms with E-state index in [-0.39, 0.29) is 11.5 Å². The number of carbonyl (C=O) groups is 1. The van der Waals surface area contributed by atoms with Crippen LogP contribution in [0.4, 0.5) is 0 Å². The number of aromatic nitrogens is 2. The molecule has 0 aromatic carbocycles. The number of aryl methyl sites for hydroxylation is 1. The maximum absolute atomic E-state index is 12.5. The number of halogens is 1. The summed E-state index contributed by atoms with van der Waals surface area (Å²) in [5, 5.41) is 4.03. The Morgan fingerprint density at radius 3 is 2.57 bits per heavy atom. The van der Waals surface area contributed by atoms with Crippen LogP contribution in [0.25, 0.3) is 0 Å². The summed E-state index contributed by atoms with van der Waals surface area (Å²) in [7, 11) is 1.55. The van der Waals surface area contributed by atoms with Gasteiger partial charge in [-0.25, -0.2) is 4.68 Å². The highest BCUT2D eigenvalue weighted by molar-refractivity contribution is 9.11. The van der Waals surface area contributed by atoms with E-state index < -0.39 is 0 Å². The van der Waals surface area contributed by atoms with E-state index in [2.05, 4.69) is 38.1 Å². The van der Waals surface area contributed by atoms with Crippen molar-refractivity contribution in [2.24, 2.45) is 7.05 Å². The predicted octanol–water partition coefficient (Wildman–Crippen LogP) is 1.56. The molecule has 0 atom stereocenters. The van der Waals surface area contributed by atoms with Crippen LogP contribution in [0.2, 0.25) is 0 Å². The second-order valence-electron chi connectivity index (χ2n) is 5.45. The van der Waals surface area contributed by atoms with E-state index >= 15 is 0 Å². The molecule has 2 aromatic rings. The van der Waals surface area contributed by atoms with Crippen molar-refractivity contribution < 1.29 is 4.79 Å². The van der Waals surface area contributed by atoms with Gasteiger partial charge in [-0.2, -0.15) is 5.10 Å². The molecule has 1 aliphatic rings. The predicted molar refractivity (Wildman–Crippen MR) is 92.7 cm³/mol. The molecule has 0 unspecified atom stereocenters. The molecule has 0 spiro atoms. The molecule has 1 aliphatic heterocycles. The number of hydrogen-bond acceptors (Lipinski definition) is 5. The van der Waals surface area contributed by atoms with Crippen LogP contribution in [0, 0.1) is 0 Å². The van der Waals surface area contributed by atoms with Crippen molar-refractivity contribution in [3.63, 3.8) is 0 Å². The third-order valence-electron chi connectivity index (χ3n) is 3.85. The minimum absolute atomic E-state index is 0.112. The van der Waals surface area contributed by atoms with Crippen LogP contribution < -0.4 is 5.56 Å². The van der Waals surface area contributed by atoms with Crippen LogP contribution in [0.15, 0.2) is 32.8 Å². The molecule has 2 aromatic heterocycles. The van der Waals surface area contributed by atoms with Crippen molar-refractivity contribution in [3.8, 4) is 0 Å². The average Bonchev–Trinajstić information content (AvgIpc) is 2.95. The van der Waals surface area contributed by atoms with Crippen LogP contribution in [0.1, 0.15) is 15.4 Å². The summed E-state index contributed by atoms with van der Waals surface area (Å²) in [5.74, 6) is -0.112. The maximum Gasteiger partial charge on any atom is 0.274 e. The van der Waals surface area contributed by atoms with Gasteiger partial charge in [-0.3, -0.25) is 14.5 Å². The highest BCUT2D eigenvalue weighted by Crippen LogP contribution is 2.23. The summed E-state index contributed by atoms with van der Waals surface area (Å²) in [6, 6.07) is 7.07. The lowest BCUT2D eigenvalue weighted by molar-refractivity contribution is 0.0621. The van der Waals surface area contributed by atoms with Crippen molar-refractivity contribution in [1.29, 1.82) is 0 Å². The van der Waals surface area contributed by atoms with Crippen LogP contribution in [-0.4, -0.2) is 51.7 Å². The Balaban J connectivity index is 1.58. The molecule has 1 amide bonds. The van der Waals surface area contributed by atoms with E-state index in [4.69, 9.17) is 0 Å². The zero-order valence-electron chi connectivity index (χ0n) is 12.7. The highest BCUT2D eigenvalue weighted by atomic mass is 79.9. The number of carbonyl (C=O) groups excluding carboxylic acids is 1. The lowest BCUT2D eigenvalue weighted by Crippen LogP contribution is -2.48. The van der Waals surface area contributed by atoms with Gasteiger partial charge in [0.15, 0.2) is 0 Å². The summed E-state index contributed by atoms with van der Waals surface area (Å²) in [6.45, 7) is 3.95. The van der Waals surface area contributed by atoms with Crippen molar-refractivity contribution in [1.82, 2.24) is 19.6 Å². The largest absolute Gasteiger partial charge is 0.335 e. The fourth-order valence-electron chi connectivity index (χ4n) is 2.54. The quantitative estimate of drug-likeness (QED) is 0.789. The van der Waals surface area contributed by atoms with Crippen LogP contribution in [0.3, 0.4) is 0 Å². The lowest BCUT2D eigenvalue weighted by atomic mass is 10.2. The first-order valence-corrected chi connectivity index (χ1v) is 8.94. The Labute approximate surface area is 146 Å². The first kappa shape index (κ1) is 16.4. The Morgan fingerprint density at radius 2 is 1.96 bits per heavy atom. The smallest absolute Gasteiger partial charge is 0.274 e. The zero-order chi connectivity index (χ0) is 16.4. The fourth-order valence-corrected chi connectivity index (χ4v) is 4.07. The van der Waals surface area contributed by atoms with Gasteiger partial charge in [-0.1, -0.05) is 0 Å². The van der Waals surface area contributed by atoms with Crippen molar-refractivity contribution in [2.45, 2.75) is 6.54 Å². The molecule has 0 N–H and O–H groups in total. The van der Waals surface area contributed by atoms with Crippen molar-refractivity contribution >= 4 is 33.2 Å². The summed E-state index contributed by atoms with van der Waals surface area (Å²) in [4.78, 5) is 29.3. The Bertz CT molecular complexity index is 765. The molecule has 23 heavy (non-hydrogen) atoms. The van der Waals surface area contributed by atoms with E-state index in [0.29, 0.717) is 18.8 Å². The second-order valence-corrected chi connectivity index (χ2v) is 8.00. The third kappa shape index (κ3) is 3.88. The molecule has 0 bridgehead atoms. The number of piperazine rings is 1. The molecular weight excluding hydrogens is 380 g/mol. The number of hydrogen-bond donors (Lipinski definition) is 0. The van der Waals surface area contributed by atoms with E-state index in [0.717, 1.165) is 23.4 Å². The Morgan fingerprint density at radius 1 is 1.22 bits per heavy atom. The van der Waals surface area contributed by atoms with Gasteiger partial charge in [0, 0.05) is 50.7 Å². The van der Waals surface area contributed by atoms with Crippen LogP contribution in [0.5, 0.6) is 0 Å². The lowest BCUT2D eigenvalue weighted by Gasteiger charge is -2.34. The standard InChI is InChI=1S/C15H17BrN4O2S/c1-18-14(21)5-3-12(17-18)15(22)20-8-6-19(7-9-20)10-11-2-4-13(16)23-11/h2-5H,6-10H2,1H3. The first-order chi connectivity index (χ1) is 11.0. The Kier molecular flexibility index (Phi) is 4.93. The van der Waals surface area contributed by atoms with Crippen LogP contribution >= 0.6 is 27.3 Å².